The molecule has 1 atom stereocenters. The van der Waals surface area contributed by atoms with Crippen LogP contribution < -0.4 is 0 Å². The van der Waals surface area contributed by atoms with Gasteiger partial charge in [-0.2, -0.15) is 0 Å². The third-order valence-corrected chi connectivity index (χ3v) is 2.80. The summed E-state index contributed by atoms with van der Waals surface area (Å²) in [5, 5.41) is 0.127. The van der Waals surface area contributed by atoms with Crippen LogP contribution in [0.3, 0.4) is 0 Å². The van der Waals surface area contributed by atoms with E-state index < -0.39 is 0 Å². The molecular formula is C8H12O2S. The van der Waals surface area contributed by atoms with E-state index in [2.05, 4.69) is 0 Å². The third kappa shape index (κ3) is 2.34. The number of hydrogen-bond acceptors (Lipinski definition) is 3. The van der Waals surface area contributed by atoms with Crippen LogP contribution >= 0.6 is 11.8 Å². The lowest BCUT2D eigenvalue weighted by molar-refractivity contribution is -0.113. The highest BCUT2D eigenvalue weighted by molar-refractivity contribution is 8.04. The first-order valence-electron chi connectivity index (χ1n) is 3.64. The number of ketones is 1. The van der Waals surface area contributed by atoms with Crippen molar-refractivity contribution in [1.82, 2.24) is 0 Å². The molecule has 0 radical (unpaired) electrons. The van der Waals surface area contributed by atoms with E-state index in [4.69, 9.17) is 4.74 Å². The van der Waals surface area contributed by atoms with Gasteiger partial charge in [0.25, 0.3) is 0 Å². The number of methoxy groups -OCH3 is 1. The van der Waals surface area contributed by atoms with Gasteiger partial charge in [0.2, 0.25) is 0 Å². The second-order valence-electron chi connectivity index (χ2n) is 2.52. The van der Waals surface area contributed by atoms with Gasteiger partial charge in [-0.25, -0.2) is 0 Å². The Morgan fingerprint density at radius 2 is 2.45 bits per heavy atom. The Bertz CT molecular complexity index is 187. The van der Waals surface area contributed by atoms with Gasteiger partial charge in [-0.1, -0.05) is 0 Å². The average Bonchev–Trinajstić information content (AvgIpc) is 2.28. The van der Waals surface area contributed by atoms with E-state index in [1.165, 1.54) is 0 Å². The maximum Gasteiger partial charge on any atom is 0.169 e. The predicted molar refractivity (Wildman–Crippen MR) is 46.6 cm³/mol. The van der Waals surface area contributed by atoms with E-state index in [0.29, 0.717) is 6.61 Å². The molecule has 11 heavy (non-hydrogen) atoms. The van der Waals surface area contributed by atoms with Crippen LogP contribution in [0.4, 0.5) is 0 Å². The van der Waals surface area contributed by atoms with Gasteiger partial charge in [0, 0.05) is 13.5 Å². The maximum absolute atomic E-state index is 11.0. The summed E-state index contributed by atoms with van der Waals surface area (Å²) in [6, 6.07) is 0. The predicted octanol–water partition coefficient (Wildman–Crippen LogP) is 1.61. The first-order chi connectivity index (χ1) is 5.24. The number of thioether (sulfide) groups is 1. The molecule has 0 fully saturated rings. The van der Waals surface area contributed by atoms with Gasteiger partial charge in [0.15, 0.2) is 5.78 Å². The van der Waals surface area contributed by atoms with Crippen LogP contribution in [0, 0.1) is 0 Å². The molecule has 0 aliphatic carbocycles. The second kappa shape index (κ2) is 3.93. The number of hydrogen-bond donors (Lipinski definition) is 0. The minimum atomic E-state index is 0.127. The molecule has 1 rings (SSSR count). The zero-order valence-electron chi connectivity index (χ0n) is 6.79. The molecule has 3 heteroatoms. The third-order valence-electron chi connectivity index (χ3n) is 1.58. The Morgan fingerprint density at radius 1 is 1.73 bits per heavy atom. The molecule has 0 aromatic rings. The van der Waals surface area contributed by atoms with E-state index in [9.17, 15) is 4.79 Å². The Morgan fingerprint density at radius 3 is 2.91 bits per heavy atom. The van der Waals surface area contributed by atoms with Crippen molar-refractivity contribution in [2.24, 2.45) is 0 Å². The average molecular weight is 172 g/mol. The van der Waals surface area contributed by atoms with Crippen molar-refractivity contribution in [1.29, 1.82) is 0 Å². The van der Waals surface area contributed by atoms with Crippen molar-refractivity contribution >= 4 is 17.5 Å². The maximum atomic E-state index is 11.0. The normalized spacial score (nSPS) is 24.0. The number of carbonyl (C=O) groups excluding carboxylic acids is 1. The van der Waals surface area contributed by atoms with Gasteiger partial charge < -0.3 is 4.74 Å². The molecule has 1 heterocycles. The fourth-order valence-electron chi connectivity index (χ4n) is 0.929. The minimum Gasteiger partial charge on any atom is -0.384 e. The van der Waals surface area contributed by atoms with Gasteiger partial charge in [-0.3, -0.25) is 4.79 Å². The van der Waals surface area contributed by atoms with Crippen LogP contribution in [0.25, 0.3) is 0 Å². The molecule has 2 nitrogen and oxygen atoms in total. The Balaban J connectivity index is 2.37. The fraction of sp³-hybridized carbons (Fsp3) is 0.625. The topological polar surface area (TPSA) is 26.3 Å². The van der Waals surface area contributed by atoms with Crippen LogP contribution in [-0.2, 0) is 9.53 Å². The van der Waals surface area contributed by atoms with E-state index in [0.717, 1.165) is 11.3 Å². The van der Waals surface area contributed by atoms with Gasteiger partial charge in [-0.05, 0) is 17.9 Å². The molecule has 0 spiro atoms. The molecule has 1 aliphatic rings. The Hall–Kier alpha value is -0.280. The molecule has 1 unspecified atom stereocenters. The molecule has 0 aromatic heterocycles. The molecule has 0 saturated heterocycles. The monoisotopic (exact) mass is 172 g/mol. The first-order valence-corrected chi connectivity index (χ1v) is 4.52. The highest BCUT2D eigenvalue weighted by Gasteiger charge is 2.20. The summed E-state index contributed by atoms with van der Waals surface area (Å²) in [5.74, 6) is 0.237. The summed E-state index contributed by atoms with van der Waals surface area (Å²) in [5.41, 5.74) is 0. The van der Waals surface area contributed by atoms with Crippen molar-refractivity contribution in [3.05, 3.63) is 11.0 Å². The van der Waals surface area contributed by atoms with Crippen molar-refractivity contribution in [2.75, 3.05) is 13.7 Å². The lowest BCUT2D eigenvalue weighted by Crippen LogP contribution is -2.02. The number of ether oxygens (including phenoxy) is 1. The SMILES string of the molecule is COCCC1=CC(=O)C(C)S1. The minimum absolute atomic E-state index is 0.127. The second-order valence-corrected chi connectivity index (χ2v) is 3.98. The van der Waals surface area contributed by atoms with Gasteiger partial charge >= 0.3 is 0 Å². The fourth-order valence-corrected chi connectivity index (χ4v) is 1.95. The van der Waals surface area contributed by atoms with Crippen molar-refractivity contribution < 1.29 is 9.53 Å². The Kier molecular flexibility index (Phi) is 3.15. The van der Waals surface area contributed by atoms with Crippen molar-refractivity contribution in [3.8, 4) is 0 Å². The first kappa shape index (κ1) is 8.81. The highest BCUT2D eigenvalue weighted by Crippen LogP contribution is 2.31. The molecule has 62 valence electrons. The zero-order chi connectivity index (χ0) is 8.27. The van der Waals surface area contributed by atoms with Gasteiger partial charge in [0.1, 0.15) is 0 Å². The largest absolute Gasteiger partial charge is 0.384 e. The smallest absolute Gasteiger partial charge is 0.169 e. The number of rotatable bonds is 3. The molecule has 0 aromatic carbocycles. The van der Waals surface area contributed by atoms with E-state index in [1.807, 2.05) is 6.92 Å². The number of carbonyl (C=O) groups is 1. The van der Waals surface area contributed by atoms with E-state index in [-0.39, 0.29) is 11.0 Å². The summed E-state index contributed by atoms with van der Waals surface area (Å²) < 4.78 is 4.91. The number of allylic oxidation sites excluding steroid dienone is 1. The summed E-state index contributed by atoms with van der Waals surface area (Å²) >= 11 is 1.65. The summed E-state index contributed by atoms with van der Waals surface area (Å²) in [7, 11) is 1.67. The van der Waals surface area contributed by atoms with Crippen molar-refractivity contribution in [2.45, 2.75) is 18.6 Å². The highest BCUT2D eigenvalue weighted by atomic mass is 32.2. The van der Waals surface area contributed by atoms with Crippen LogP contribution in [0.15, 0.2) is 11.0 Å². The molecule has 0 amide bonds. The zero-order valence-corrected chi connectivity index (χ0v) is 7.61. The van der Waals surface area contributed by atoms with Gasteiger partial charge in [-0.15, -0.1) is 11.8 Å². The molecular weight excluding hydrogens is 160 g/mol. The Labute approximate surface area is 71.0 Å². The molecule has 0 bridgehead atoms. The van der Waals surface area contributed by atoms with Crippen molar-refractivity contribution in [3.63, 3.8) is 0 Å². The summed E-state index contributed by atoms with van der Waals surface area (Å²) in [4.78, 5) is 12.2. The van der Waals surface area contributed by atoms with E-state index in [1.54, 1.807) is 24.9 Å². The lowest BCUT2D eigenvalue weighted by Gasteiger charge is -2.00. The standard InChI is InChI=1S/C8H12O2S/c1-6-8(9)5-7(11-6)3-4-10-2/h5-6H,3-4H2,1-2H3. The van der Waals surface area contributed by atoms with Crippen LogP contribution in [0.5, 0.6) is 0 Å². The van der Waals surface area contributed by atoms with Crippen LogP contribution in [-0.4, -0.2) is 24.7 Å². The molecule has 0 N–H and O–H groups in total. The molecule has 1 aliphatic heterocycles. The van der Waals surface area contributed by atoms with E-state index >= 15 is 0 Å². The molecule has 0 saturated carbocycles. The summed E-state index contributed by atoms with van der Waals surface area (Å²) in [6.45, 7) is 2.64. The van der Waals surface area contributed by atoms with Crippen LogP contribution in [0.2, 0.25) is 0 Å². The lowest BCUT2D eigenvalue weighted by atomic mass is 10.2. The van der Waals surface area contributed by atoms with Gasteiger partial charge in [0.05, 0.1) is 11.9 Å². The quantitative estimate of drug-likeness (QED) is 0.647. The van der Waals surface area contributed by atoms with Crippen LogP contribution in [0.1, 0.15) is 13.3 Å². The summed E-state index contributed by atoms with van der Waals surface area (Å²) in [6.07, 6.45) is 2.60.